The van der Waals surface area contributed by atoms with Gasteiger partial charge in [0.15, 0.2) is 0 Å². The van der Waals surface area contributed by atoms with Crippen molar-refractivity contribution in [1.82, 2.24) is 10.6 Å². The molecule has 1 saturated heterocycles. The molecule has 1 amide bonds. The van der Waals surface area contributed by atoms with E-state index in [1.54, 1.807) is 11.3 Å². The van der Waals surface area contributed by atoms with Crippen LogP contribution in [-0.4, -0.2) is 19.0 Å². The molecule has 5 heteroatoms. The summed E-state index contributed by atoms with van der Waals surface area (Å²) >= 11 is 5.06. The molecule has 0 radical (unpaired) electrons. The van der Waals surface area contributed by atoms with Gasteiger partial charge in [0, 0.05) is 21.2 Å². The van der Waals surface area contributed by atoms with Gasteiger partial charge in [-0.2, -0.15) is 0 Å². The molecule has 0 aromatic carbocycles. The predicted octanol–water partition coefficient (Wildman–Crippen LogP) is 2.13. The fraction of sp³-hybridized carbons (Fsp3) is 0.545. The molecule has 1 aromatic heterocycles. The van der Waals surface area contributed by atoms with Crippen molar-refractivity contribution in [2.75, 3.05) is 13.1 Å². The highest BCUT2D eigenvalue weighted by Gasteiger charge is 2.17. The number of amides is 1. The van der Waals surface area contributed by atoms with Crippen LogP contribution in [0, 0.1) is 5.92 Å². The zero-order valence-corrected chi connectivity index (χ0v) is 11.4. The highest BCUT2D eigenvalue weighted by Crippen LogP contribution is 2.19. The van der Waals surface area contributed by atoms with Crippen LogP contribution < -0.4 is 10.6 Å². The summed E-state index contributed by atoms with van der Waals surface area (Å²) in [6.07, 6.45) is 1.78. The van der Waals surface area contributed by atoms with Gasteiger partial charge in [0.2, 0.25) is 5.91 Å². The average Bonchev–Trinajstić information content (AvgIpc) is 2.87. The molecule has 2 N–H and O–H groups in total. The van der Waals surface area contributed by atoms with E-state index in [1.807, 2.05) is 11.4 Å². The summed E-state index contributed by atoms with van der Waals surface area (Å²) in [6.45, 7) is 2.68. The lowest BCUT2D eigenvalue weighted by molar-refractivity contribution is -0.122. The summed E-state index contributed by atoms with van der Waals surface area (Å²) < 4.78 is 1.08. The van der Waals surface area contributed by atoms with Crippen LogP contribution in [0.15, 0.2) is 15.9 Å². The molecule has 1 aromatic rings. The number of nitrogens with one attached hydrogen (secondary N) is 2. The maximum atomic E-state index is 11.6. The predicted molar refractivity (Wildman–Crippen MR) is 69.5 cm³/mol. The van der Waals surface area contributed by atoms with Crippen LogP contribution in [0.2, 0.25) is 0 Å². The van der Waals surface area contributed by atoms with Crippen molar-refractivity contribution in [3.05, 3.63) is 20.8 Å². The van der Waals surface area contributed by atoms with Crippen LogP contribution >= 0.6 is 27.3 Å². The molecule has 0 spiro atoms. The molecule has 2 rings (SSSR count). The molecule has 0 aliphatic carbocycles. The molecule has 16 heavy (non-hydrogen) atoms. The molecule has 2 heterocycles. The Morgan fingerprint density at radius 3 is 3.19 bits per heavy atom. The number of carbonyl (C=O) groups excluding carboxylic acids is 1. The van der Waals surface area contributed by atoms with Crippen molar-refractivity contribution in [2.24, 2.45) is 5.92 Å². The van der Waals surface area contributed by atoms with E-state index in [-0.39, 0.29) is 5.91 Å². The molecule has 3 nitrogen and oxygen atoms in total. The van der Waals surface area contributed by atoms with Crippen molar-refractivity contribution in [1.29, 1.82) is 0 Å². The van der Waals surface area contributed by atoms with Crippen molar-refractivity contribution in [2.45, 2.75) is 19.4 Å². The van der Waals surface area contributed by atoms with Gasteiger partial charge < -0.3 is 10.6 Å². The number of thiophene rings is 1. The average molecular weight is 303 g/mol. The quantitative estimate of drug-likeness (QED) is 0.894. The smallest absolute Gasteiger partial charge is 0.220 e. The second kappa shape index (κ2) is 5.80. The highest BCUT2D eigenvalue weighted by molar-refractivity contribution is 9.10. The van der Waals surface area contributed by atoms with E-state index in [2.05, 4.69) is 26.6 Å². The van der Waals surface area contributed by atoms with Gasteiger partial charge in [0.25, 0.3) is 0 Å². The van der Waals surface area contributed by atoms with Gasteiger partial charge in [0.1, 0.15) is 0 Å². The van der Waals surface area contributed by atoms with E-state index in [0.29, 0.717) is 18.9 Å². The maximum Gasteiger partial charge on any atom is 0.220 e. The number of halogens is 1. The second-order valence-corrected chi connectivity index (χ2v) is 5.98. The summed E-state index contributed by atoms with van der Waals surface area (Å²) in [7, 11) is 0. The molecule has 1 unspecified atom stereocenters. The Kier molecular flexibility index (Phi) is 4.37. The van der Waals surface area contributed by atoms with Gasteiger partial charge in [-0.3, -0.25) is 4.79 Å². The third kappa shape index (κ3) is 3.57. The van der Waals surface area contributed by atoms with E-state index in [9.17, 15) is 4.79 Å². The third-order valence-electron chi connectivity index (χ3n) is 2.72. The number of hydrogen-bond acceptors (Lipinski definition) is 3. The molecule has 0 saturated carbocycles. The molecule has 88 valence electrons. The van der Waals surface area contributed by atoms with Crippen molar-refractivity contribution in [3.8, 4) is 0 Å². The van der Waals surface area contributed by atoms with Gasteiger partial charge >= 0.3 is 0 Å². The lowest BCUT2D eigenvalue weighted by atomic mass is 10.0. The van der Waals surface area contributed by atoms with Gasteiger partial charge in [-0.05, 0) is 47.4 Å². The Bertz CT molecular complexity index is 361. The molecular formula is C11H15BrN2OS. The Hall–Kier alpha value is -0.390. The van der Waals surface area contributed by atoms with Gasteiger partial charge in [-0.15, -0.1) is 11.3 Å². The first-order chi connectivity index (χ1) is 7.74. The highest BCUT2D eigenvalue weighted by atomic mass is 79.9. The fourth-order valence-corrected chi connectivity index (χ4v) is 3.25. The lowest BCUT2D eigenvalue weighted by Gasteiger charge is -2.08. The molecule has 1 aliphatic heterocycles. The minimum atomic E-state index is 0.165. The van der Waals surface area contributed by atoms with Gasteiger partial charge in [0.05, 0.1) is 6.54 Å². The van der Waals surface area contributed by atoms with Crippen LogP contribution in [0.5, 0.6) is 0 Å². The molecule has 0 bridgehead atoms. The van der Waals surface area contributed by atoms with Crippen molar-refractivity contribution >= 4 is 33.2 Å². The lowest BCUT2D eigenvalue weighted by Crippen LogP contribution is -2.25. The standard InChI is InChI=1S/C11H15BrN2OS/c12-9-4-10(16-7-9)6-14-11(15)3-8-1-2-13-5-8/h4,7-8,13H,1-3,5-6H2,(H,14,15). The first kappa shape index (κ1) is 12.1. The van der Waals surface area contributed by atoms with Crippen LogP contribution in [-0.2, 0) is 11.3 Å². The zero-order valence-electron chi connectivity index (χ0n) is 8.96. The fourth-order valence-electron chi connectivity index (χ4n) is 1.86. The maximum absolute atomic E-state index is 11.6. The van der Waals surface area contributed by atoms with Crippen LogP contribution in [0.3, 0.4) is 0 Å². The van der Waals surface area contributed by atoms with E-state index in [4.69, 9.17) is 0 Å². The van der Waals surface area contributed by atoms with Gasteiger partial charge in [-0.1, -0.05) is 0 Å². The Labute approximate surface area is 108 Å². The van der Waals surface area contributed by atoms with E-state index < -0.39 is 0 Å². The molecule has 1 atom stereocenters. The number of carbonyl (C=O) groups is 1. The summed E-state index contributed by atoms with van der Waals surface area (Å²) in [5, 5.41) is 8.26. The molecule has 1 fully saturated rings. The zero-order chi connectivity index (χ0) is 11.4. The molecule has 1 aliphatic rings. The van der Waals surface area contributed by atoms with Gasteiger partial charge in [-0.25, -0.2) is 0 Å². The second-order valence-electron chi connectivity index (χ2n) is 4.07. The number of rotatable bonds is 4. The van der Waals surface area contributed by atoms with E-state index in [0.717, 1.165) is 24.0 Å². The summed E-state index contributed by atoms with van der Waals surface area (Å²) in [6, 6.07) is 2.04. The monoisotopic (exact) mass is 302 g/mol. The van der Waals surface area contributed by atoms with Crippen LogP contribution in [0.4, 0.5) is 0 Å². The summed E-state index contributed by atoms with van der Waals surface area (Å²) in [5.41, 5.74) is 0. The summed E-state index contributed by atoms with van der Waals surface area (Å²) in [5.74, 6) is 0.688. The number of hydrogen-bond donors (Lipinski definition) is 2. The first-order valence-corrected chi connectivity index (χ1v) is 7.11. The Morgan fingerprint density at radius 2 is 2.56 bits per heavy atom. The normalized spacial score (nSPS) is 19.9. The van der Waals surface area contributed by atoms with Crippen molar-refractivity contribution < 1.29 is 4.79 Å². The van der Waals surface area contributed by atoms with Crippen molar-refractivity contribution in [3.63, 3.8) is 0 Å². The third-order valence-corrected chi connectivity index (χ3v) is 4.42. The Morgan fingerprint density at radius 1 is 1.69 bits per heavy atom. The first-order valence-electron chi connectivity index (χ1n) is 5.44. The minimum Gasteiger partial charge on any atom is -0.351 e. The van der Waals surface area contributed by atoms with Crippen LogP contribution in [0.25, 0.3) is 0 Å². The van der Waals surface area contributed by atoms with E-state index >= 15 is 0 Å². The summed E-state index contributed by atoms with van der Waals surface area (Å²) in [4.78, 5) is 12.8. The SMILES string of the molecule is O=C(CC1CCNC1)NCc1cc(Br)cs1. The largest absolute Gasteiger partial charge is 0.351 e. The van der Waals surface area contributed by atoms with E-state index in [1.165, 1.54) is 4.88 Å². The van der Waals surface area contributed by atoms with Crippen LogP contribution in [0.1, 0.15) is 17.7 Å². The molecular weight excluding hydrogens is 288 g/mol. The topological polar surface area (TPSA) is 41.1 Å². The Balaban J connectivity index is 1.71. The minimum absolute atomic E-state index is 0.165.